The van der Waals surface area contributed by atoms with Crippen molar-refractivity contribution in [1.29, 1.82) is 0 Å². The summed E-state index contributed by atoms with van der Waals surface area (Å²) in [4.78, 5) is 39.8. The van der Waals surface area contributed by atoms with E-state index in [1.165, 1.54) is 15.9 Å². The second kappa shape index (κ2) is 8.76. The van der Waals surface area contributed by atoms with Gasteiger partial charge in [0, 0.05) is 25.1 Å². The molecule has 0 spiro atoms. The number of ether oxygens (including phenoxy) is 2. The quantitative estimate of drug-likeness (QED) is 0.597. The Morgan fingerprint density at radius 1 is 1.23 bits per heavy atom. The van der Waals surface area contributed by atoms with Crippen LogP contribution in [0.2, 0.25) is 0 Å². The molecule has 172 valence electrons. The SMILES string of the molecule is COCCn1c(=O)n(CC2(C)CC2)c(=O)c2c(C)c(CNNC(=O)OC(C)(C)C)sc21. The van der Waals surface area contributed by atoms with Crippen LogP contribution in [0.25, 0.3) is 10.2 Å². The van der Waals surface area contributed by atoms with E-state index in [1.807, 2.05) is 6.92 Å². The Balaban J connectivity index is 1.93. The minimum atomic E-state index is -0.597. The second-order valence-electron chi connectivity index (χ2n) is 9.44. The van der Waals surface area contributed by atoms with Crippen molar-refractivity contribution in [2.45, 2.75) is 72.7 Å². The molecule has 1 aliphatic rings. The van der Waals surface area contributed by atoms with Gasteiger partial charge in [0.1, 0.15) is 10.4 Å². The fourth-order valence-electron chi connectivity index (χ4n) is 3.38. The van der Waals surface area contributed by atoms with Gasteiger partial charge in [0.2, 0.25) is 0 Å². The van der Waals surface area contributed by atoms with Crippen LogP contribution < -0.4 is 22.1 Å². The highest BCUT2D eigenvalue weighted by molar-refractivity contribution is 7.18. The molecule has 1 fully saturated rings. The van der Waals surface area contributed by atoms with Gasteiger partial charge in [-0.1, -0.05) is 6.92 Å². The molecule has 2 aromatic heterocycles. The fourth-order valence-corrected chi connectivity index (χ4v) is 4.64. The standard InChI is InChI=1S/C21H32N4O5S/c1-13-14(11-22-23-18(27)30-20(2,3)4)31-17-15(13)16(26)25(12-21(5)7-8-21)19(28)24(17)9-10-29-6/h22H,7-12H2,1-6H3,(H,23,27). The third-order valence-electron chi connectivity index (χ3n) is 5.39. The molecule has 1 amide bonds. The zero-order chi connectivity index (χ0) is 23.0. The Morgan fingerprint density at radius 3 is 2.48 bits per heavy atom. The number of amides is 1. The molecule has 0 aromatic carbocycles. The fraction of sp³-hybridized carbons (Fsp3) is 0.667. The number of hydrogen-bond acceptors (Lipinski definition) is 7. The first-order valence-electron chi connectivity index (χ1n) is 10.4. The Labute approximate surface area is 185 Å². The summed E-state index contributed by atoms with van der Waals surface area (Å²) in [6.07, 6.45) is 1.45. The summed E-state index contributed by atoms with van der Waals surface area (Å²) in [5, 5.41) is 0.555. The minimum Gasteiger partial charge on any atom is -0.443 e. The number of rotatable bonds is 8. The predicted octanol–water partition coefficient (Wildman–Crippen LogP) is 2.51. The van der Waals surface area contributed by atoms with Gasteiger partial charge in [-0.25, -0.2) is 15.0 Å². The molecule has 31 heavy (non-hydrogen) atoms. The van der Waals surface area contributed by atoms with Crippen LogP contribution in [0.3, 0.4) is 0 Å². The van der Waals surface area contributed by atoms with Crippen LogP contribution >= 0.6 is 11.3 Å². The van der Waals surface area contributed by atoms with Crippen LogP contribution in [0.1, 0.15) is 51.0 Å². The molecule has 0 aliphatic heterocycles. The number of aryl methyl sites for hydroxylation is 1. The molecule has 2 heterocycles. The van der Waals surface area contributed by atoms with E-state index in [0.717, 1.165) is 23.3 Å². The summed E-state index contributed by atoms with van der Waals surface area (Å²) >= 11 is 1.38. The number of nitrogens with one attached hydrogen (secondary N) is 2. The lowest BCUT2D eigenvalue weighted by Crippen LogP contribution is -2.41. The van der Waals surface area contributed by atoms with E-state index >= 15 is 0 Å². The maximum atomic E-state index is 13.3. The van der Waals surface area contributed by atoms with Crippen LogP contribution in [0.15, 0.2) is 9.59 Å². The topological polar surface area (TPSA) is 104 Å². The van der Waals surface area contributed by atoms with Gasteiger partial charge >= 0.3 is 11.8 Å². The molecule has 2 aromatic rings. The van der Waals surface area contributed by atoms with E-state index < -0.39 is 11.7 Å². The Kier molecular flexibility index (Phi) is 6.64. The number of hydrogen-bond donors (Lipinski definition) is 2. The number of hydrazine groups is 1. The molecule has 3 rings (SSSR count). The van der Waals surface area contributed by atoms with Crippen molar-refractivity contribution in [3.05, 3.63) is 31.3 Å². The van der Waals surface area contributed by atoms with Gasteiger partial charge in [0.15, 0.2) is 0 Å². The summed E-state index contributed by atoms with van der Waals surface area (Å²) < 4.78 is 13.4. The average molecular weight is 453 g/mol. The molecule has 10 heteroatoms. The molecular formula is C21H32N4O5S. The van der Waals surface area contributed by atoms with Crippen molar-refractivity contribution in [3.63, 3.8) is 0 Å². The Bertz CT molecular complexity index is 1090. The Morgan fingerprint density at radius 2 is 1.90 bits per heavy atom. The highest BCUT2D eigenvalue weighted by Gasteiger charge is 2.38. The molecule has 0 radical (unpaired) electrons. The molecule has 0 bridgehead atoms. The monoisotopic (exact) mass is 452 g/mol. The van der Waals surface area contributed by atoms with Crippen LogP contribution in [0, 0.1) is 12.3 Å². The number of carbonyl (C=O) groups excluding carboxylic acids is 1. The largest absolute Gasteiger partial charge is 0.443 e. The lowest BCUT2D eigenvalue weighted by atomic mass is 10.1. The molecule has 0 unspecified atom stereocenters. The maximum absolute atomic E-state index is 13.3. The van der Waals surface area contributed by atoms with Crippen LogP contribution in [0.4, 0.5) is 4.79 Å². The first-order valence-corrected chi connectivity index (χ1v) is 11.2. The Hall–Kier alpha value is -2.17. The normalized spacial score (nSPS) is 15.3. The number of fused-ring (bicyclic) bond motifs is 1. The predicted molar refractivity (Wildman–Crippen MR) is 121 cm³/mol. The number of thiophene rings is 1. The molecule has 9 nitrogen and oxygen atoms in total. The lowest BCUT2D eigenvalue weighted by molar-refractivity contribution is 0.0497. The van der Waals surface area contributed by atoms with Gasteiger partial charge in [0.25, 0.3) is 5.56 Å². The summed E-state index contributed by atoms with van der Waals surface area (Å²) in [5.74, 6) is 0. The van der Waals surface area contributed by atoms with Crippen molar-refractivity contribution in [1.82, 2.24) is 20.0 Å². The van der Waals surface area contributed by atoms with Gasteiger partial charge in [-0.15, -0.1) is 11.3 Å². The molecule has 1 saturated carbocycles. The van der Waals surface area contributed by atoms with Crippen LogP contribution in [-0.2, 0) is 29.1 Å². The number of aromatic nitrogens is 2. The molecule has 0 atom stereocenters. The zero-order valence-corrected chi connectivity index (χ0v) is 19.9. The first kappa shape index (κ1) is 23.5. The lowest BCUT2D eigenvalue weighted by Gasteiger charge is -2.19. The van der Waals surface area contributed by atoms with Gasteiger partial charge in [0.05, 0.1) is 18.5 Å². The van der Waals surface area contributed by atoms with E-state index in [4.69, 9.17) is 9.47 Å². The van der Waals surface area contributed by atoms with Gasteiger partial charge in [-0.05, 0) is 51.5 Å². The van der Waals surface area contributed by atoms with Crippen molar-refractivity contribution >= 4 is 27.6 Å². The van der Waals surface area contributed by atoms with Gasteiger partial charge < -0.3 is 9.47 Å². The summed E-state index contributed by atoms with van der Waals surface area (Å²) in [7, 11) is 1.58. The third kappa shape index (κ3) is 5.36. The highest BCUT2D eigenvalue weighted by atomic mass is 32.1. The third-order valence-corrected chi connectivity index (χ3v) is 6.71. The van der Waals surface area contributed by atoms with Crippen molar-refractivity contribution < 1.29 is 14.3 Å². The van der Waals surface area contributed by atoms with Crippen LogP contribution in [-0.4, -0.2) is 34.5 Å². The molecule has 2 N–H and O–H groups in total. The second-order valence-corrected chi connectivity index (χ2v) is 10.5. The van der Waals surface area contributed by atoms with Crippen molar-refractivity contribution in [2.24, 2.45) is 5.41 Å². The average Bonchev–Trinajstić information content (AvgIpc) is 3.30. The van der Waals surface area contributed by atoms with E-state index in [2.05, 4.69) is 17.8 Å². The smallest absolute Gasteiger partial charge is 0.422 e. The van der Waals surface area contributed by atoms with Crippen molar-refractivity contribution in [2.75, 3.05) is 13.7 Å². The first-order chi connectivity index (χ1) is 14.5. The van der Waals surface area contributed by atoms with E-state index in [9.17, 15) is 14.4 Å². The highest BCUT2D eigenvalue weighted by Crippen LogP contribution is 2.46. The summed E-state index contributed by atoms with van der Waals surface area (Å²) in [5.41, 5.74) is 5.04. The molecular weight excluding hydrogens is 420 g/mol. The molecule has 1 aliphatic carbocycles. The van der Waals surface area contributed by atoms with Gasteiger partial charge in [-0.2, -0.15) is 0 Å². The number of methoxy groups -OCH3 is 1. The minimum absolute atomic E-state index is 0.0153. The zero-order valence-electron chi connectivity index (χ0n) is 19.1. The van der Waals surface area contributed by atoms with Crippen molar-refractivity contribution in [3.8, 4) is 0 Å². The number of carbonyl (C=O) groups is 1. The summed E-state index contributed by atoms with van der Waals surface area (Å²) in [6, 6.07) is 0. The maximum Gasteiger partial charge on any atom is 0.422 e. The molecule has 0 saturated heterocycles. The van der Waals surface area contributed by atoms with Crippen LogP contribution in [0.5, 0.6) is 0 Å². The van der Waals surface area contributed by atoms with E-state index in [0.29, 0.717) is 36.5 Å². The van der Waals surface area contributed by atoms with Gasteiger partial charge in [-0.3, -0.25) is 19.4 Å². The summed E-state index contributed by atoms with van der Waals surface area (Å²) in [6.45, 7) is 10.8. The number of nitrogens with zero attached hydrogens (tertiary/aromatic N) is 2. The van der Waals surface area contributed by atoms with E-state index in [1.54, 1.807) is 32.4 Å². The van der Waals surface area contributed by atoms with E-state index in [-0.39, 0.29) is 16.7 Å².